The lowest BCUT2D eigenvalue weighted by Crippen LogP contribution is -2.38. The Morgan fingerprint density at radius 3 is 2.29 bits per heavy atom. The molecule has 200 valence electrons. The predicted octanol–water partition coefficient (Wildman–Crippen LogP) is 4.86. The first-order valence-electron chi connectivity index (χ1n) is 12.6. The van der Waals surface area contributed by atoms with Crippen LogP contribution in [0.5, 0.6) is 5.75 Å². The first-order valence-corrected chi connectivity index (χ1v) is 14.1. The van der Waals surface area contributed by atoms with Gasteiger partial charge in [-0.1, -0.05) is 49.4 Å². The summed E-state index contributed by atoms with van der Waals surface area (Å²) in [7, 11) is -2.68. The number of hydrogen-bond acceptors (Lipinski definition) is 5. The van der Waals surface area contributed by atoms with Crippen LogP contribution in [0.15, 0.2) is 77.7 Å². The standard InChI is InChI=1S/C29H33N3O5S/c1-20-15-17-32(18-16-20)29(34)25-19-23(13-14-27(25)37-3)38(35,36)31-26-12-8-7-11-24(26)28(33)30-21(2)22-9-5-4-6-10-22/h4-14,19-21,31H,15-18H2,1-3H3,(H,30,33)/t21-/m1/s1. The van der Waals surface area contributed by atoms with Crippen LogP contribution < -0.4 is 14.8 Å². The minimum atomic E-state index is -4.13. The highest BCUT2D eigenvalue weighted by Gasteiger charge is 2.27. The van der Waals surface area contributed by atoms with E-state index < -0.39 is 15.9 Å². The average Bonchev–Trinajstić information content (AvgIpc) is 2.93. The predicted molar refractivity (Wildman–Crippen MR) is 147 cm³/mol. The van der Waals surface area contributed by atoms with Crippen LogP contribution in [0.4, 0.5) is 5.69 Å². The van der Waals surface area contributed by atoms with Gasteiger partial charge < -0.3 is 15.0 Å². The molecule has 8 nitrogen and oxygen atoms in total. The number of rotatable bonds is 8. The van der Waals surface area contributed by atoms with Crippen LogP contribution in [-0.2, 0) is 10.0 Å². The second kappa shape index (κ2) is 11.7. The van der Waals surface area contributed by atoms with Gasteiger partial charge in [-0.2, -0.15) is 0 Å². The number of amides is 2. The molecular weight excluding hydrogens is 502 g/mol. The van der Waals surface area contributed by atoms with E-state index >= 15 is 0 Å². The zero-order valence-electron chi connectivity index (χ0n) is 21.8. The smallest absolute Gasteiger partial charge is 0.261 e. The highest BCUT2D eigenvalue weighted by Crippen LogP contribution is 2.28. The molecule has 4 rings (SSSR count). The van der Waals surface area contributed by atoms with Crippen molar-refractivity contribution in [1.29, 1.82) is 0 Å². The van der Waals surface area contributed by atoms with Crippen molar-refractivity contribution in [2.45, 2.75) is 37.6 Å². The summed E-state index contributed by atoms with van der Waals surface area (Å²) in [5.74, 6) is 0.178. The number of nitrogens with one attached hydrogen (secondary N) is 2. The lowest BCUT2D eigenvalue weighted by molar-refractivity contribution is 0.0693. The summed E-state index contributed by atoms with van der Waals surface area (Å²) < 4.78 is 34.7. The fourth-order valence-electron chi connectivity index (χ4n) is 4.48. The number of para-hydroxylation sites is 1. The molecular formula is C29H33N3O5S. The number of ether oxygens (including phenoxy) is 1. The number of benzene rings is 3. The van der Waals surface area contributed by atoms with Crippen LogP contribution in [-0.4, -0.2) is 45.3 Å². The van der Waals surface area contributed by atoms with Gasteiger partial charge in [0.25, 0.3) is 21.8 Å². The van der Waals surface area contributed by atoms with E-state index in [4.69, 9.17) is 4.74 Å². The van der Waals surface area contributed by atoms with Gasteiger partial charge in [-0.05, 0) is 61.6 Å². The number of nitrogens with zero attached hydrogens (tertiary/aromatic N) is 1. The fourth-order valence-corrected chi connectivity index (χ4v) is 5.58. The molecule has 0 saturated carbocycles. The molecule has 1 fully saturated rings. The first kappa shape index (κ1) is 27.2. The minimum Gasteiger partial charge on any atom is -0.496 e. The van der Waals surface area contributed by atoms with E-state index in [-0.39, 0.29) is 33.7 Å². The quantitative estimate of drug-likeness (QED) is 0.429. The molecule has 1 heterocycles. The van der Waals surface area contributed by atoms with Crippen LogP contribution in [0.25, 0.3) is 0 Å². The van der Waals surface area contributed by atoms with Crippen molar-refractivity contribution in [3.05, 3.63) is 89.5 Å². The lowest BCUT2D eigenvalue weighted by Gasteiger charge is -2.30. The molecule has 3 aromatic carbocycles. The monoisotopic (exact) mass is 535 g/mol. The second-order valence-electron chi connectivity index (χ2n) is 9.59. The Bertz CT molecular complexity index is 1400. The van der Waals surface area contributed by atoms with Gasteiger partial charge in [-0.25, -0.2) is 8.42 Å². The van der Waals surface area contributed by atoms with Gasteiger partial charge in [0.2, 0.25) is 0 Å². The van der Waals surface area contributed by atoms with E-state index in [1.165, 1.54) is 31.4 Å². The summed E-state index contributed by atoms with van der Waals surface area (Å²) in [5.41, 5.74) is 1.44. The molecule has 9 heteroatoms. The van der Waals surface area contributed by atoms with E-state index in [1.807, 2.05) is 37.3 Å². The Hall–Kier alpha value is -3.85. The molecule has 38 heavy (non-hydrogen) atoms. The van der Waals surface area contributed by atoms with Crippen LogP contribution in [0.2, 0.25) is 0 Å². The van der Waals surface area contributed by atoms with E-state index in [2.05, 4.69) is 17.0 Å². The molecule has 0 spiro atoms. The summed E-state index contributed by atoms with van der Waals surface area (Å²) in [6.07, 6.45) is 1.80. The molecule has 1 aliphatic rings. The summed E-state index contributed by atoms with van der Waals surface area (Å²) in [5, 5.41) is 2.92. The normalized spacial score (nSPS) is 15.0. The maximum absolute atomic E-state index is 13.4. The third kappa shape index (κ3) is 6.16. The van der Waals surface area contributed by atoms with Gasteiger partial charge in [-0.3, -0.25) is 14.3 Å². The van der Waals surface area contributed by atoms with Crippen molar-refractivity contribution in [1.82, 2.24) is 10.2 Å². The molecule has 3 aromatic rings. The van der Waals surface area contributed by atoms with Crippen LogP contribution in [0.3, 0.4) is 0 Å². The summed E-state index contributed by atoms with van der Waals surface area (Å²) >= 11 is 0. The Labute approximate surface area is 224 Å². The molecule has 0 radical (unpaired) electrons. The number of sulfonamides is 1. The Morgan fingerprint density at radius 1 is 0.947 bits per heavy atom. The van der Waals surface area contributed by atoms with E-state index in [0.717, 1.165) is 18.4 Å². The fraction of sp³-hybridized carbons (Fsp3) is 0.310. The molecule has 0 aromatic heterocycles. The van der Waals surface area contributed by atoms with Crippen molar-refractivity contribution < 1.29 is 22.7 Å². The molecule has 2 amide bonds. The Kier molecular flexibility index (Phi) is 8.36. The Morgan fingerprint density at radius 2 is 1.61 bits per heavy atom. The van der Waals surface area contributed by atoms with Gasteiger partial charge in [0, 0.05) is 13.1 Å². The first-order chi connectivity index (χ1) is 18.2. The molecule has 2 N–H and O–H groups in total. The van der Waals surface area contributed by atoms with E-state index in [0.29, 0.717) is 24.8 Å². The summed E-state index contributed by atoms with van der Waals surface area (Å²) in [4.78, 5) is 28.0. The maximum Gasteiger partial charge on any atom is 0.261 e. The molecule has 0 bridgehead atoms. The minimum absolute atomic E-state index is 0.0973. The number of piperidine rings is 1. The number of anilines is 1. The molecule has 1 aliphatic heterocycles. The van der Waals surface area contributed by atoms with Crippen molar-refractivity contribution in [2.75, 3.05) is 24.9 Å². The van der Waals surface area contributed by atoms with Gasteiger partial charge >= 0.3 is 0 Å². The number of carbonyl (C=O) groups excluding carboxylic acids is 2. The van der Waals surface area contributed by atoms with E-state index in [1.54, 1.807) is 23.1 Å². The third-order valence-corrected chi connectivity index (χ3v) is 8.21. The zero-order chi connectivity index (χ0) is 27.3. The Balaban J connectivity index is 1.57. The lowest BCUT2D eigenvalue weighted by atomic mass is 9.98. The SMILES string of the molecule is COc1ccc(S(=O)(=O)Nc2ccccc2C(=O)N[C@H](C)c2ccccc2)cc1C(=O)N1CCC(C)CC1. The number of hydrogen-bond donors (Lipinski definition) is 2. The van der Waals surface area contributed by atoms with Crippen molar-refractivity contribution >= 4 is 27.5 Å². The number of methoxy groups -OCH3 is 1. The van der Waals surface area contributed by atoms with E-state index in [9.17, 15) is 18.0 Å². The van der Waals surface area contributed by atoms with Gasteiger partial charge in [-0.15, -0.1) is 0 Å². The van der Waals surface area contributed by atoms with Gasteiger partial charge in [0.05, 0.1) is 34.9 Å². The van der Waals surface area contributed by atoms with Crippen molar-refractivity contribution in [2.24, 2.45) is 5.92 Å². The van der Waals surface area contributed by atoms with Crippen molar-refractivity contribution in [3.63, 3.8) is 0 Å². The number of likely N-dealkylation sites (tertiary alicyclic amines) is 1. The topological polar surface area (TPSA) is 105 Å². The number of carbonyl (C=O) groups is 2. The summed E-state index contributed by atoms with van der Waals surface area (Å²) in [6, 6.07) is 19.8. The molecule has 1 atom stereocenters. The van der Waals surface area contributed by atoms with Crippen LogP contribution in [0.1, 0.15) is 59.0 Å². The summed E-state index contributed by atoms with van der Waals surface area (Å²) in [6.45, 7) is 5.24. The maximum atomic E-state index is 13.4. The van der Waals surface area contributed by atoms with Gasteiger partial charge in [0.1, 0.15) is 5.75 Å². The zero-order valence-corrected chi connectivity index (χ0v) is 22.6. The molecule has 1 saturated heterocycles. The average molecular weight is 536 g/mol. The van der Waals surface area contributed by atoms with Crippen molar-refractivity contribution in [3.8, 4) is 5.75 Å². The second-order valence-corrected chi connectivity index (χ2v) is 11.3. The highest BCUT2D eigenvalue weighted by atomic mass is 32.2. The third-order valence-electron chi connectivity index (χ3n) is 6.85. The largest absolute Gasteiger partial charge is 0.496 e. The highest BCUT2D eigenvalue weighted by molar-refractivity contribution is 7.92. The van der Waals surface area contributed by atoms with Gasteiger partial charge in [0.15, 0.2) is 0 Å². The van der Waals surface area contributed by atoms with Crippen LogP contribution >= 0.6 is 0 Å². The molecule has 0 aliphatic carbocycles. The molecule has 0 unspecified atom stereocenters. The van der Waals surface area contributed by atoms with Crippen LogP contribution in [0, 0.1) is 5.92 Å².